The van der Waals surface area contributed by atoms with Gasteiger partial charge in [0.25, 0.3) is 0 Å². The molecule has 0 spiro atoms. The minimum Gasteiger partial charge on any atom is -0.334 e. The highest BCUT2D eigenvalue weighted by atomic mass is 16.2. The van der Waals surface area contributed by atoms with Crippen LogP contribution in [0.25, 0.3) is 0 Å². The van der Waals surface area contributed by atoms with E-state index in [0.717, 1.165) is 37.2 Å². The molecular formula is C20H26N6O. The third-order valence-corrected chi connectivity index (χ3v) is 5.60. The number of rotatable bonds is 5. The molecule has 0 aromatic carbocycles. The average molecular weight is 366 g/mol. The fourth-order valence-corrected chi connectivity index (χ4v) is 4.23. The van der Waals surface area contributed by atoms with Gasteiger partial charge in [-0.3, -0.25) is 4.79 Å². The molecule has 2 fully saturated rings. The summed E-state index contributed by atoms with van der Waals surface area (Å²) in [7, 11) is 0. The van der Waals surface area contributed by atoms with E-state index in [1.807, 2.05) is 6.07 Å². The Bertz CT molecular complexity index is 762. The predicted octanol–water partition coefficient (Wildman–Crippen LogP) is 3.64. The molecule has 4 rings (SSSR count). The van der Waals surface area contributed by atoms with Crippen molar-refractivity contribution in [1.82, 2.24) is 24.8 Å². The molecule has 7 heteroatoms. The Morgan fingerprint density at radius 1 is 1.11 bits per heavy atom. The van der Waals surface area contributed by atoms with Crippen molar-refractivity contribution < 1.29 is 4.79 Å². The fraction of sp³-hybridized carbons (Fsp3) is 0.550. The Morgan fingerprint density at radius 2 is 1.89 bits per heavy atom. The van der Waals surface area contributed by atoms with Crippen LogP contribution in [0, 0.1) is 5.92 Å². The van der Waals surface area contributed by atoms with E-state index in [2.05, 4.69) is 30.2 Å². The molecule has 1 aliphatic heterocycles. The lowest BCUT2D eigenvalue weighted by Crippen LogP contribution is -2.39. The third-order valence-electron chi connectivity index (χ3n) is 5.60. The molecule has 1 N–H and O–H groups in total. The lowest BCUT2D eigenvalue weighted by molar-refractivity contribution is -0.136. The van der Waals surface area contributed by atoms with Crippen LogP contribution in [-0.4, -0.2) is 37.3 Å². The van der Waals surface area contributed by atoms with E-state index in [1.54, 1.807) is 18.6 Å². The van der Waals surface area contributed by atoms with E-state index in [9.17, 15) is 4.79 Å². The van der Waals surface area contributed by atoms with E-state index in [4.69, 9.17) is 0 Å². The maximum absolute atomic E-state index is 13.0. The second-order valence-electron chi connectivity index (χ2n) is 7.51. The van der Waals surface area contributed by atoms with Crippen LogP contribution in [0.4, 0.5) is 11.6 Å². The third kappa shape index (κ3) is 4.40. The van der Waals surface area contributed by atoms with Gasteiger partial charge in [-0.2, -0.15) is 0 Å². The summed E-state index contributed by atoms with van der Waals surface area (Å²) < 4.78 is 0. The maximum Gasteiger partial charge on any atom is 0.227 e. The molecule has 3 heterocycles. The summed E-state index contributed by atoms with van der Waals surface area (Å²) >= 11 is 0. The van der Waals surface area contributed by atoms with Crippen LogP contribution in [0.15, 0.2) is 31.0 Å². The summed E-state index contributed by atoms with van der Waals surface area (Å²) in [5, 5.41) is 3.14. The summed E-state index contributed by atoms with van der Waals surface area (Å²) in [6.45, 7) is 0.829. The van der Waals surface area contributed by atoms with E-state index in [0.29, 0.717) is 18.3 Å². The van der Waals surface area contributed by atoms with Gasteiger partial charge < -0.3 is 10.2 Å². The summed E-state index contributed by atoms with van der Waals surface area (Å²) in [6.07, 6.45) is 15.4. The molecule has 7 nitrogen and oxygen atoms in total. The van der Waals surface area contributed by atoms with Crippen molar-refractivity contribution in [3.05, 3.63) is 36.7 Å². The average Bonchev–Trinajstić information content (AvgIpc) is 3.22. The van der Waals surface area contributed by atoms with E-state index < -0.39 is 0 Å². The highest BCUT2D eigenvalue weighted by molar-refractivity contribution is 5.77. The number of hydrogen-bond donors (Lipinski definition) is 1. The molecule has 1 saturated carbocycles. The second kappa shape index (κ2) is 8.41. The Balaban J connectivity index is 1.49. The molecule has 27 heavy (non-hydrogen) atoms. The van der Waals surface area contributed by atoms with Gasteiger partial charge >= 0.3 is 0 Å². The zero-order valence-electron chi connectivity index (χ0n) is 15.5. The number of hydrogen-bond acceptors (Lipinski definition) is 6. The van der Waals surface area contributed by atoms with Crippen LogP contribution in [0.5, 0.6) is 0 Å². The minimum absolute atomic E-state index is 0.0447. The van der Waals surface area contributed by atoms with Crippen molar-refractivity contribution >= 4 is 17.5 Å². The van der Waals surface area contributed by atoms with E-state index in [1.165, 1.54) is 32.0 Å². The number of carbonyl (C=O) groups excluding carboxylic acids is 1. The van der Waals surface area contributed by atoms with Gasteiger partial charge in [0.1, 0.15) is 6.33 Å². The zero-order valence-corrected chi connectivity index (χ0v) is 15.5. The summed E-state index contributed by atoms with van der Waals surface area (Å²) in [6, 6.07) is 1.97. The Kier molecular flexibility index (Phi) is 5.55. The van der Waals surface area contributed by atoms with Crippen molar-refractivity contribution in [3.63, 3.8) is 0 Å². The van der Waals surface area contributed by atoms with E-state index in [-0.39, 0.29) is 11.9 Å². The van der Waals surface area contributed by atoms with Crippen molar-refractivity contribution in [3.8, 4) is 0 Å². The van der Waals surface area contributed by atoms with E-state index >= 15 is 0 Å². The number of anilines is 2. The highest BCUT2D eigenvalue weighted by Crippen LogP contribution is 2.34. The number of likely N-dealkylation sites (tertiary alicyclic amines) is 1. The first-order valence-electron chi connectivity index (χ1n) is 9.94. The summed E-state index contributed by atoms with van der Waals surface area (Å²) in [5.41, 5.74) is 1.65. The van der Waals surface area contributed by atoms with Crippen LogP contribution in [0.2, 0.25) is 0 Å². The molecule has 1 saturated heterocycles. The first kappa shape index (κ1) is 17.8. The van der Waals surface area contributed by atoms with Crippen LogP contribution >= 0.6 is 0 Å². The molecule has 0 unspecified atom stereocenters. The largest absolute Gasteiger partial charge is 0.334 e. The predicted molar refractivity (Wildman–Crippen MR) is 102 cm³/mol. The molecule has 0 radical (unpaired) electrons. The van der Waals surface area contributed by atoms with Crippen molar-refractivity contribution in [2.75, 3.05) is 11.9 Å². The number of nitrogens with zero attached hydrogens (tertiary/aromatic N) is 5. The molecule has 1 aliphatic carbocycles. The van der Waals surface area contributed by atoms with Crippen LogP contribution in [-0.2, 0) is 4.79 Å². The van der Waals surface area contributed by atoms with Gasteiger partial charge in [0, 0.05) is 19.2 Å². The zero-order chi connectivity index (χ0) is 18.5. The van der Waals surface area contributed by atoms with Crippen molar-refractivity contribution in [2.24, 2.45) is 5.92 Å². The van der Waals surface area contributed by atoms with Gasteiger partial charge in [-0.15, -0.1) is 0 Å². The van der Waals surface area contributed by atoms with Gasteiger partial charge in [-0.1, -0.05) is 12.8 Å². The topological polar surface area (TPSA) is 83.9 Å². The Labute approximate surface area is 159 Å². The lowest BCUT2D eigenvalue weighted by atomic mass is 9.96. The number of nitrogens with one attached hydrogen (secondary N) is 1. The lowest BCUT2D eigenvalue weighted by Gasteiger charge is -2.36. The molecule has 142 valence electrons. The molecule has 2 aromatic rings. The monoisotopic (exact) mass is 366 g/mol. The van der Waals surface area contributed by atoms with Crippen LogP contribution in [0.1, 0.15) is 63.1 Å². The van der Waals surface area contributed by atoms with Crippen LogP contribution < -0.4 is 5.32 Å². The normalized spacial score (nSPS) is 20.6. The first-order valence-corrected chi connectivity index (χ1v) is 9.94. The quantitative estimate of drug-likeness (QED) is 0.870. The smallest absolute Gasteiger partial charge is 0.227 e. The highest BCUT2D eigenvalue weighted by Gasteiger charge is 2.31. The van der Waals surface area contributed by atoms with Gasteiger partial charge in [0.15, 0.2) is 0 Å². The fourth-order valence-electron chi connectivity index (χ4n) is 4.23. The molecule has 2 aliphatic rings. The first-order chi connectivity index (χ1) is 13.3. The summed E-state index contributed by atoms with van der Waals surface area (Å²) in [5.74, 6) is 1.37. The number of piperidine rings is 1. The minimum atomic E-state index is 0.0447. The number of aromatic nitrogens is 4. The summed E-state index contributed by atoms with van der Waals surface area (Å²) in [4.78, 5) is 32.0. The SMILES string of the molecule is O=C(CC1CCCC1)N1CCCC[C@@H]1c1ccnc(Nc2cncnc2)n1. The maximum atomic E-state index is 13.0. The van der Waals surface area contributed by atoms with Gasteiger partial charge in [0.05, 0.1) is 29.8 Å². The van der Waals surface area contributed by atoms with Gasteiger partial charge in [-0.25, -0.2) is 19.9 Å². The molecular weight excluding hydrogens is 340 g/mol. The number of amides is 1. The number of carbonyl (C=O) groups is 1. The Morgan fingerprint density at radius 3 is 2.70 bits per heavy atom. The molecule has 1 atom stereocenters. The standard InChI is InChI=1S/C20H26N6O/c27-19(11-15-5-1-2-6-15)26-10-4-3-7-18(26)17-8-9-23-20(25-17)24-16-12-21-14-22-13-16/h8-9,12-15,18H,1-7,10-11H2,(H,23,24,25)/t18-/m1/s1. The Hall–Kier alpha value is -2.57. The van der Waals surface area contributed by atoms with Gasteiger partial charge in [0.2, 0.25) is 11.9 Å². The van der Waals surface area contributed by atoms with Crippen molar-refractivity contribution in [2.45, 2.75) is 57.4 Å². The van der Waals surface area contributed by atoms with Crippen molar-refractivity contribution in [1.29, 1.82) is 0 Å². The second-order valence-corrected chi connectivity index (χ2v) is 7.51. The van der Waals surface area contributed by atoms with Crippen LogP contribution in [0.3, 0.4) is 0 Å². The van der Waals surface area contributed by atoms with Gasteiger partial charge in [-0.05, 0) is 44.1 Å². The molecule has 0 bridgehead atoms. The molecule has 2 aromatic heterocycles. The molecule has 1 amide bonds.